The lowest BCUT2D eigenvalue weighted by atomic mass is 9.81. The van der Waals surface area contributed by atoms with Gasteiger partial charge in [-0.05, 0) is 78.0 Å². The molecule has 0 aliphatic carbocycles. The van der Waals surface area contributed by atoms with Gasteiger partial charge in [-0.1, -0.05) is 6.07 Å². The zero-order chi connectivity index (χ0) is 24.7. The fourth-order valence-corrected chi connectivity index (χ4v) is 4.89. The van der Waals surface area contributed by atoms with Crippen LogP contribution in [0, 0.1) is 11.8 Å². The fraction of sp³-hybridized carbons (Fsp3) is 0.731. The Bertz CT molecular complexity index is 787. The minimum atomic E-state index is -0.474. The van der Waals surface area contributed by atoms with Gasteiger partial charge in [0.05, 0.1) is 0 Å². The second-order valence-electron chi connectivity index (χ2n) is 11.0. The Kier molecular flexibility index (Phi) is 9.17. The first-order valence-electron chi connectivity index (χ1n) is 12.8. The second kappa shape index (κ2) is 11.9. The third kappa shape index (κ3) is 8.15. The van der Waals surface area contributed by atoms with E-state index in [2.05, 4.69) is 26.2 Å². The van der Waals surface area contributed by atoms with E-state index in [4.69, 9.17) is 4.74 Å². The Balaban J connectivity index is 1.56. The van der Waals surface area contributed by atoms with Crippen LogP contribution in [0.4, 0.5) is 10.6 Å². The Morgan fingerprint density at radius 1 is 1.12 bits per heavy atom. The van der Waals surface area contributed by atoms with Crippen LogP contribution in [-0.4, -0.2) is 84.2 Å². The smallest absolute Gasteiger partial charge is 0.317 e. The molecule has 3 heterocycles. The summed E-state index contributed by atoms with van der Waals surface area (Å²) in [7, 11) is 0. The second-order valence-corrected chi connectivity index (χ2v) is 11.0. The van der Waals surface area contributed by atoms with Crippen molar-refractivity contribution >= 4 is 17.8 Å². The molecule has 2 amide bonds. The largest absolute Gasteiger partial charge is 0.460 e. The normalized spacial score (nSPS) is 22.1. The lowest BCUT2D eigenvalue weighted by Gasteiger charge is -2.41. The molecule has 0 unspecified atom stereocenters. The highest BCUT2D eigenvalue weighted by molar-refractivity contribution is 5.74. The van der Waals surface area contributed by atoms with E-state index >= 15 is 0 Å². The molecule has 8 heteroatoms. The highest BCUT2D eigenvalue weighted by Gasteiger charge is 2.34. The summed E-state index contributed by atoms with van der Waals surface area (Å²) in [4.78, 5) is 36.5. The molecule has 2 aliphatic heterocycles. The fourth-order valence-electron chi connectivity index (χ4n) is 4.89. The highest BCUT2D eigenvalue weighted by atomic mass is 16.6. The van der Waals surface area contributed by atoms with E-state index in [-0.39, 0.29) is 29.9 Å². The van der Waals surface area contributed by atoms with Crippen molar-refractivity contribution in [2.75, 3.05) is 50.7 Å². The summed E-state index contributed by atoms with van der Waals surface area (Å²) in [5.41, 5.74) is -0.474. The summed E-state index contributed by atoms with van der Waals surface area (Å²) in [6.07, 6.45) is 4.08. The van der Waals surface area contributed by atoms with Crippen molar-refractivity contribution in [3.05, 3.63) is 24.4 Å². The molecule has 2 fully saturated rings. The minimum absolute atomic E-state index is 0.000284. The average Bonchev–Trinajstić information content (AvgIpc) is 2.77. The van der Waals surface area contributed by atoms with E-state index in [1.165, 1.54) is 0 Å². The number of esters is 1. The van der Waals surface area contributed by atoms with E-state index in [0.29, 0.717) is 19.5 Å². The molecule has 0 radical (unpaired) electrons. The molecule has 34 heavy (non-hydrogen) atoms. The summed E-state index contributed by atoms with van der Waals surface area (Å²) in [5.74, 6) is 1.44. The first-order chi connectivity index (χ1) is 16.1. The standard InChI is InChI=1S/C26H43N5O3/c1-20(2)28-25(33)31-13-10-21(18-24(32)34-26(3,4)5)22(19-31)9-12-29-14-16-30(17-15-29)23-8-6-7-11-27-23/h6-8,11,20-22H,9-10,12-19H2,1-5H3,(H,28,33)/t21-,22-/m0/s1. The number of urea groups is 1. The zero-order valence-electron chi connectivity index (χ0n) is 21.6. The third-order valence-corrected chi connectivity index (χ3v) is 6.60. The molecule has 1 aromatic heterocycles. The number of pyridine rings is 1. The van der Waals surface area contributed by atoms with Gasteiger partial charge in [0.15, 0.2) is 0 Å². The van der Waals surface area contributed by atoms with Crippen LogP contribution in [0.1, 0.15) is 53.9 Å². The number of aromatic nitrogens is 1. The number of nitrogens with one attached hydrogen (secondary N) is 1. The van der Waals surface area contributed by atoms with E-state index in [9.17, 15) is 9.59 Å². The van der Waals surface area contributed by atoms with Crippen molar-refractivity contribution in [2.45, 2.75) is 65.5 Å². The minimum Gasteiger partial charge on any atom is -0.460 e. The first kappa shape index (κ1) is 26.3. The molecular formula is C26H43N5O3. The van der Waals surface area contributed by atoms with E-state index in [0.717, 1.165) is 51.4 Å². The van der Waals surface area contributed by atoms with Crippen LogP contribution in [0.15, 0.2) is 24.4 Å². The van der Waals surface area contributed by atoms with Gasteiger partial charge in [0, 0.05) is 57.9 Å². The van der Waals surface area contributed by atoms with E-state index in [1.807, 2.05) is 57.8 Å². The molecule has 0 spiro atoms. The van der Waals surface area contributed by atoms with Crippen molar-refractivity contribution in [1.29, 1.82) is 0 Å². The van der Waals surface area contributed by atoms with Crippen LogP contribution >= 0.6 is 0 Å². The lowest BCUT2D eigenvalue weighted by Crippen LogP contribution is -2.51. The Morgan fingerprint density at radius 3 is 2.47 bits per heavy atom. The summed E-state index contributed by atoms with van der Waals surface area (Å²) < 4.78 is 5.61. The maximum Gasteiger partial charge on any atom is 0.317 e. The van der Waals surface area contributed by atoms with Crippen LogP contribution < -0.4 is 10.2 Å². The van der Waals surface area contributed by atoms with Gasteiger partial charge in [-0.2, -0.15) is 0 Å². The summed E-state index contributed by atoms with van der Waals surface area (Å²) >= 11 is 0. The van der Waals surface area contributed by atoms with Crippen molar-refractivity contribution in [2.24, 2.45) is 11.8 Å². The van der Waals surface area contributed by atoms with Gasteiger partial charge in [0.1, 0.15) is 11.4 Å². The SMILES string of the molecule is CC(C)NC(=O)N1CC[C@@H](CC(=O)OC(C)(C)C)[C@@H](CCN2CCN(c3ccccn3)CC2)C1. The number of likely N-dealkylation sites (tertiary alicyclic amines) is 1. The summed E-state index contributed by atoms with van der Waals surface area (Å²) in [5, 5.41) is 3.02. The monoisotopic (exact) mass is 473 g/mol. The molecular weight excluding hydrogens is 430 g/mol. The molecule has 0 aromatic carbocycles. The van der Waals surface area contributed by atoms with Crippen LogP contribution in [0.25, 0.3) is 0 Å². The first-order valence-corrected chi connectivity index (χ1v) is 12.8. The summed E-state index contributed by atoms with van der Waals surface area (Å²) in [6, 6.07) is 6.16. The van der Waals surface area contributed by atoms with Crippen LogP contribution in [0.5, 0.6) is 0 Å². The molecule has 2 aliphatic rings. The average molecular weight is 474 g/mol. The Morgan fingerprint density at radius 2 is 1.85 bits per heavy atom. The van der Waals surface area contributed by atoms with Gasteiger partial charge < -0.3 is 19.9 Å². The predicted octanol–water partition coefficient (Wildman–Crippen LogP) is 3.38. The van der Waals surface area contributed by atoms with Crippen LogP contribution in [-0.2, 0) is 9.53 Å². The van der Waals surface area contributed by atoms with Crippen molar-refractivity contribution in [1.82, 2.24) is 20.1 Å². The molecule has 3 rings (SSSR count). The Hall–Kier alpha value is -2.35. The molecule has 1 N–H and O–H groups in total. The van der Waals surface area contributed by atoms with Gasteiger partial charge in [-0.15, -0.1) is 0 Å². The number of amides is 2. The molecule has 1 aromatic rings. The van der Waals surface area contributed by atoms with Gasteiger partial charge in [0.2, 0.25) is 0 Å². The van der Waals surface area contributed by atoms with E-state index < -0.39 is 5.60 Å². The number of anilines is 1. The molecule has 0 bridgehead atoms. The number of carbonyl (C=O) groups is 2. The maximum atomic E-state index is 12.6. The van der Waals surface area contributed by atoms with Crippen molar-refractivity contribution in [3.8, 4) is 0 Å². The molecule has 2 atom stereocenters. The van der Waals surface area contributed by atoms with Gasteiger partial charge in [-0.25, -0.2) is 9.78 Å². The highest BCUT2D eigenvalue weighted by Crippen LogP contribution is 2.31. The number of hydrogen-bond acceptors (Lipinski definition) is 6. The van der Waals surface area contributed by atoms with Crippen molar-refractivity contribution in [3.63, 3.8) is 0 Å². The molecule has 190 valence electrons. The van der Waals surface area contributed by atoms with E-state index in [1.54, 1.807) is 0 Å². The van der Waals surface area contributed by atoms with Gasteiger partial charge in [-0.3, -0.25) is 9.69 Å². The molecule has 8 nitrogen and oxygen atoms in total. The van der Waals surface area contributed by atoms with Gasteiger partial charge in [0.25, 0.3) is 0 Å². The number of piperazine rings is 1. The lowest BCUT2D eigenvalue weighted by molar-refractivity contribution is -0.156. The number of ether oxygens (including phenoxy) is 1. The number of rotatable bonds is 7. The number of carbonyl (C=O) groups excluding carboxylic acids is 2. The number of hydrogen-bond donors (Lipinski definition) is 1. The van der Waals surface area contributed by atoms with Gasteiger partial charge >= 0.3 is 12.0 Å². The number of nitrogens with zero attached hydrogens (tertiary/aromatic N) is 4. The predicted molar refractivity (Wildman–Crippen MR) is 135 cm³/mol. The Labute approximate surface area is 205 Å². The maximum absolute atomic E-state index is 12.6. The van der Waals surface area contributed by atoms with Crippen molar-refractivity contribution < 1.29 is 14.3 Å². The van der Waals surface area contributed by atoms with Crippen LogP contribution in [0.3, 0.4) is 0 Å². The zero-order valence-corrected chi connectivity index (χ0v) is 21.6. The third-order valence-electron chi connectivity index (χ3n) is 6.60. The topological polar surface area (TPSA) is 78.0 Å². The quantitative estimate of drug-likeness (QED) is 0.612. The molecule has 0 saturated carbocycles. The molecule has 2 saturated heterocycles. The van der Waals surface area contributed by atoms with Crippen LogP contribution in [0.2, 0.25) is 0 Å². The number of piperidine rings is 1. The summed E-state index contributed by atoms with van der Waals surface area (Å²) in [6.45, 7) is 16.0.